The fourth-order valence-electron chi connectivity index (χ4n) is 3.89. The van der Waals surface area contributed by atoms with Crippen LogP contribution in [0.2, 0.25) is 0 Å². The van der Waals surface area contributed by atoms with E-state index in [0.717, 1.165) is 31.9 Å². The molecular formula is C24H28FN7O2. The van der Waals surface area contributed by atoms with E-state index < -0.39 is 5.82 Å². The van der Waals surface area contributed by atoms with Gasteiger partial charge < -0.3 is 30.3 Å². The number of aromatic nitrogens is 2. The molecule has 3 N–H and O–H groups in total. The number of halogens is 1. The molecule has 0 atom stereocenters. The van der Waals surface area contributed by atoms with Crippen LogP contribution in [0.1, 0.15) is 11.3 Å². The van der Waals surface area contributed by atoms with Gasteiger partial charge in [-0.15, -0.1) is 10.2 Å². The predicted molar refractivity (Wildman–Crippen MR) is 129 cm³/mol. The fourth-order valence-corrected chi connectivity index (χ4v) is 3.89. The Kier molecular flexibility index (Phi) is 7.37. The minimum absolute atomic E-state index is 0.0761. The fraction of sp³-hybridized carbons (Fsp3) is 0.375. The third-order valence-corrected chi connectivity index (χ3v) is 5.86. The van der Waals surface area contributed by atoms with Crippen LogP contribution in [0.15, 0.2) is 30.3 Å². The Labute approximate surface area is 197 Å². The van der Waals surface area contributed by atoms with Crippen LogP contribution in [-0.2, 0) is 11.3 Å². The number of nitrogens with zero attached hydrogens (tertiary/aromatic N) is 5. The van der Waals surface area contributed by atoms with Crippen LogP contribution >= 0.6 is 0 Å². The molecule has 0 spiro atoms. The first-order valence-electron chi connectivity index (χ1n) is 11.1. The SMILES string of the molecule is COCCOc1cc2nnc(C#N)c(Nc3ccc(CN)cc3F)c2cc1N1CCN(C)CC1. The van der Waals surface area contributed by atoms with Crippen LogP contribution < -0.4 is 20.7 Å². The Balaban J connectivity index is 1.81. The maximum Gasteiger partial charge on any atom is 0.187 e. The first-order valence-corrected chi connectivity index (χ1v) is 11.1. The summed E-state index contributed by atoms with van der Waals surface area (Å²) in [6.07, 6.45) is 0. The molecule has 2 heterocycles. The molecule has 0 unspecified atom stereocenters. The largest absolute Gasteiger partial charge is 0.489 e. The van der Waals surface area contributed by atoms with Crippen LogP contribution in [0.3, 0.4) is 0 Å². The van der Waals surface area contributed by atoms with Gasteiger partial charge >= 0.3 is 0 Å². The van der Waals surface area contributed by atoms with Crippen LogP contribution in [0.5, 0.6) is 5.75 Å². The average molecular weight is 466 g/mol. The van der Waals surface area contributed by atoms with Gasteiger partial charge in [0.1, 0.15) is 24.2 Å². The van der Waals surface area contributed by atoms with Gasteiger partial charge in [0.2, 0.25) is 0 Å². The summed E-state index contributed by atoms with van der Waals surface area (Å²) in [6.45, 7) is 4.55. The number of nitrogens with one attached hydrogen (secondary N) is 1. The van der Waals surface area contributed by atoms with Crippen LogP contribution in [0.4, 0.5) is 21.5 Å². The standard InChI is InChI=1S/C24H28FN7O2/c1-31-5-7-32(8-6-31)22-12-17-20(13-23(22)34-10-9-33-2)29-30-21(15-27)24(17)28-19-4-3-16(14-26)11-18(19)25/h3-4,11-13H,5-10,14,26H2,1-2H3,(H,28,29). The molecule has 3 aromatic rings. The van der Waals surface area contributed by atoms with Crippen LogP contribution in [-0.4, -0.2) is 68.6 Å². The molecule has 1 fully saturated rings. The third-order valence-electron chi connectivity index (χ3n) is 5.86. The number of fused-ring (bicyclic) bond motifs is 1. The van der Waals surface area contributed by atoms with Gasteiger partial charge in [-0.25, -0.2) is 4.39 Å². The summed E-state index contributed by atoms with van der Waals surface area (Å²) in [5.41, 5.74) is 8.41. The van der Waals surface area contributed by atoms with Crippen molar-refractivity contribution in [3.05, 3.63) is 47.4 Å². The van der Waals surface area contributed by atoms with Crippen molar-refractivity contribution in [2.24, 2.45) is 5.73 Å². The van der Waals surface area contributed by atoms with E-state index in [9.17, 15) is 9.65 Å². The topological polar surface area (TPSA) is 113 Å². The highest BCUT2D eigenvalue weighted by molar-refractivity contribution is 5.98. The van der Waals surface area contributed by atoms with Crippen molar-refractivity contribution in [1.82, 2.24) is 15.1 Å². The lowest BCUT2D eigenvalue weighted by Gasteiger charge is -2.35. The van der Waals surface area contributed by atoms with Crippen LogP contribution in [0.25, 0.3) is 10.9 Å². The molecule has 1 aromatic heterocycles. The van der Waals surface area contributed by atoms with E-state index in [-0.39, 0.29) is 17.9 Å². The number of methoxy groups -OCH3 is 1. The first-order chi connectivity index (χ1) is 16.5. The normalized spacial score (nSPS) is 14.3. The number of hydrogen-bond donors (Lipinski definition) is 2. The lowest BCUT2D eigenvalue weighted by molar-refractivity contribution is 0.146. The second kappa shape index (κ2) is 10.6. The second-order valence-electron chi connectivity index (χ2n) is 8.15. The number of anilines is 3. The summed E-state index contributed by atoms with van der Waals surface area (Å²) in [5, 5.41) is 21.7. The van der Waals surface area contributed by atoms with E-state index in [1.807, 2.05) is 12.1 Å². The number of ether oxygens (including phenoxy) is 2. The monoisotopic (exact) mass is 465 g/mol. The molecule has 1 aliphatic heterocycles. The summed E-state index contributed by atoms with van der Waals surface area (Å²) in [5.74, 6) is 0.202. The maximum atomic E-state index is 14.7. The molecule has 2 aromatic carbocycles. The van der Waals surface area contributed by atoms with E-state index in [1.54, 1.807) is 19.2 Å². The van der Waals surface area contributed by atoms with Crippen molar-refractivity contribution >= 4 is 28.0 Å². The molecule has 10 heteroatoms. The van der Waals surface area contributed by atoms with Crippen molar-refractivity contribution in [3.8, 4) is 11.8 Å². The molecule has 4 rings (SSSR count). The number of nitrogens with two attached hydrogens (primary N) is 1. The molecule has 9 nitrogen and oxygen atoms in total. The van der Waals surface area contributed by atoms with Gasteiger partial charge in [0, 0.05) is 51.3 Å². The van der Waals surface area contributed by atoms with E-state index in [0.29, 0.717) is 41.1 Å². The zero-order valence-corrected chi connectivity index (χ0v) is 19.3. The quantitative estimate of drug-likeness (QED) is 0.485. The minimum atomic E-state index is -0.462. The summed E-state index contributed by atoms with van der Waals surface area (Å²) < 4.78 is 25.9. The Bertz CT molecular complexity index is 1210. The van der Waals surface area contributed by atoms with Gasteiger partial charge in [-0.3, -0.25) is 0 Å². The van der Waals surface area contributed by atoms with Gasteiger partial charge in [0.15, 0.2) is 5.69 Å². The molecule has 0 amide bonds. The maximum absolute atomic E-state index is 14.7. The molecular weight excluding hydrogens is 437 g/mol. The Morgan fingerprint density at radius 1 is 1.15 bits per heavy atom. The average Bonchev–Trinajstić information content (AvgIpc) is 2.85. The smallest absolute Gasteiger partial charge is 0.187 e. The van der Waals surface area contributed by atoms with Crippen molar-refractivity contribution in [1.29, 1.82) is 5.26 Å². The number of hydrogen-bond acceptors (Lipinski definition) is 9. The Morgan fingerprint density at radius 2 is 1.94 bits per heavy atom. The minimum Gasteiger partial charge on any atom is -0.489 e. The summed E-state index contributed by atoms with van der Waals surface area (Å²) in [6, 6.07) is 10.5. The number of likely N-dealkylation sites (N-methyl/N-ethyl adjacent to an activating group) is 1. The van der Waals surface area contributed by atoms with Gasteiger partial charge in [-0.1, -0.05) is 6.07 Å². The Morgan fingerprint density at radius 3 is 2.62 bits per heavy atom. The van der Waals surface area contributed by atoms with E-state index >= 15 is 0 Å². The number of benzene rings is 2. The number of rotatable bonds is 8. The van der Waals surface area contributed by atoms with Crippen molar-refractivity contribution in [3.63, 3.8) is 0 Å². The molecule has 1 saturated heterocycles. The summed E-state index contributed by atoms with van der Waals surface area (Å²) >= 11 is 0. The highest BCUT2D eigenvalue weighted by Crippen LogP contribution is 2.38. The van der Waals surface area contributed by atoms with Crippen molar-refractivity contribution < 1.29 is 13.9 Å². The molecule has 1 aliphatic rings. The first kappa shape index (κ1) is 23.6. The van der Waals surface area contributed by atoms with Crippen molar-refractivity contribution in [2.75, 3.05) is 63.8 Å². The molecule has 0 bridgehead atoms. The van der Waals surface area contributed by atoms with Gasteiger partial charge in [-0.05, 0) is 30.8 Å². The lowest BCUT2D eigenvalue weighted by Crippen LogP contribution is -2.44. The second-order valence-corrected chi connectivity index (χ2v) is 8.15. The van der Waals surface area contributed by atoms with Gasteiger partial charge in [0.05, 0.1) is 29.2 Å². The van der Waals surface area contributed by atoms with Crippen molar-refractivity contribution in [2.45, 2.75) is 6.54 Å². The highest BCUT2D eigenvalue weighted by Gasteiger charge is 2.22. The number of piperazine rings is 1. The van der Waals surface area contributed by atoms with E-state index in [1.165, 1.54) is 6.07 Å². The van der Waals surface area contributed by atoms with Gasteiger partial charge in [-0.2, -0.15) is 5.26 Å². The third kappa shape index (κ3) is 5.02. The molecule has 0 radical (unpaired) electrons. The van der Waals surface area contributed by atoms with E-state index in [2.05, 4.69) is 38.4 Å². The molecule has 0 saturated carbocycles. The molecule has 34 heavy (non-hydrogen) atoms. The lowest BCUT2D eigenvalue weighted by atomic mass is 10.1. The zero-order valence-electron chi connectivity index (χ0n) is 19.3. The zero-order chi connectivity index (χ0) is 24.1. The molecule has 178 valence electrons. The molecule has 0 aliphatic carbocycles. The number of nitriles is 1. The Hall–Kier alpha value is -3.52. The highest BCUT2D eigenvalue weighted by atomic mass is 19.1. The summed E-state index contributed by atoms with van der Waals surface area (Å²) in [4.78, 5) is 4.51. The predicted octanol–water partition coefficient (Wildman–Crippen LogP) is 2.62. The summed E-state index contributed by atoms with van der Waals surface area (Å²) in [7, 11) is 3.71. The van der Waals surface area contributed by atoms with E-state index in [4.69, 9.17) is 15.2 Å². The van der Waals surface area contributed by atoms with Gasteiger partial charge in [0.25, 0.3) is 0 Å². The van der Waals surface area contributed by atoms with Crippen LogP contribution in [0, 0.1) is 17.1 Å².